The first-order chi connectivity index (χ1) is 15.4. The molecule has 3 heterocycles. The molecule has 32 heavy (non-hydrogen) atoms. The largest absolute Gasteiger partial charge is 0.417 e. The van der Waals surface area contributed by atoms with E-state index < -0.39 is 11.5 Å². The molecule has 1 aliphatic heterocycles. The summed E-state index contributed by atoms with van der Waals surface area (Å²) in [4.78, 5) is 34.8. The maximum Gasteiger partial charge on any atom is 0.417 e. The lowest BCUT2D eigenvalue weighted by atomic mass is 9.86. The maximum absolute atomic E-state index is 12.8. The minimum Gasteiger partial charge on any atom is -0.410 e. The molecule has 0 saturated heterocycles. The second-order valence-corrected chi connectivity index (χ2v) is 8.12. The lowest BCUT2D eigenvalue weighted by Crippen LogP contribution is -2.35. The molecular formula is C23H22N6O3. The van der Waals surface area contributed by atoms with Gasteiger partial charge in [0.15, 0.2) is 11.5 Å². The zero-order valence-corrected chi connectivity index (χ0v) is 17.9. The van der Waals surface area contributed by atoms with E-state index in [9.17, 15) is 9.59 Å². The van der Waals surface area contributed by atoms with E-state index in [2.05, 4.69) is 25.5 Å². The number of aromatic nitrogens is 4. The fourth-order valence-corrected chi connectivity index (χ4v) is 4.05. The molecule has 9 heteroatoms. The zero-order chi connectivity index (χ0) is 22.5. The highest BCUT2D eigenvalue weighted by Gasteiger charge is 2.43. The van der Waals surface area contributed by atoms with Crippen molar-refractivity contribution in [2.75, 3.05) is 16.8 Å². The molecule has 162 valence electrons. The van der Waals surface area contributed by atoms with Crippen LogP contribution in [0.15, 0.2) is 48.7 Å². The van der Waals surface area contributed by atoms with Crippen molar-refractivity contribution in [1.29, 1.82) is 0 Å². The summed E-state index contributed by atoms with van der Waals surface area (Å²) in [7, 11) is 0. The third-order valence-corrected chi connectivity index (χ3v) is 5.71. The van der Waals surface area contributed by atoms with Gasteiger partial charge >= 0.3 is 6.09 Å². The SMILES string of the molecule is CCN1C(=O)C(C)(C)c2cc3[nH]c(-c4n[nH]cc4NC(=O)Oc4ccccc4)nc3cc21. The van der Waals surface area contributed by atoms with Crippen LogP contribution in [0.4, 0.5) is 16.2 Å². The Kier molecular flexibility index (Phi) is 4.47. The summed E-state index contributed by atoms with van der Waals surface area (Å²) in [5.74, 6) is 1.01. The summed E-state index contributed by atoms with van der Waals surface area (Å²) in [6, 6.07) is 12.7. The van der Waals surface area contributed by atoms with Crippen molar-refractivity contribution >= 4 is 34.4 Å². The normalized spacial score (nSPS) is 14.6. The molecule has 0 aliphatic carbocycles. The van der Waals surface area contributed by atoms with Gasteiger partial charge in [-0.3, -0.25) is 15.2 Å². The number of likely N-dealkylation sites (N-methyl/N-ethyl adjacent to an activating group) is 1. The lowest BCUT2D eigenvalue weighted by Gasteiger charge is -2.18. The second-order valence-electron chi connectivity index (χ2n) is 8.12. The summed E-state index contributed by atoms with van der Waals surface area (Å²) < 4.78 is 5.29. The first-order valence-corrected chi connectivity index (χ1v) is 10.3. The number of imidazole rings is 1. The quantitative estimate of drug-likeness (QED) is 0.449. The molecule has 1 aliphatic rings. The zero-order valence-electron chi connectivity index (χ0n) is 17.9. The number of carbonyl (C=O) groups excluding carboxylic acids is 2. The molecule has 9 nitrogen and oxygen atoms in total. The molecule has 0 saturated carbocycles. The third-order valence-electron chi connectivity index (χ3n) is 5.71. The lowest BCUT2D eigenvalue weighted by molar-refractivity contribution is -0.122. The number of carbonyl (C=O) groups is 2. The number of H-pyrrole nitrogens is 2. The van der Waals surface area contributed by atoms with Crippen molar-refractivity contribution < 1.29 is 14.3 Å². The van der Waals surface area contributed by atoms with Gasteiger partial charge in [-0.15, -0.1) is 0 Å². The highest BCUT2D eigenvalue weighted by Crippen LogP contribution is 2.43. The molecule has 5 rings (SSSR count). The summed E-state index contributed by atoms with van der Waals surface area (Å²) in [5.41, 5.74) is 3.61. The van der Waals surface area contributed by atoms with Crippen LogP contribution in [0.25, 0.3) is 22.6 Å². The van der Waals surface area contributed by atoms with Crippen LogP contribution in [0.5, 0.6) is 5.75 Å². The number of hydrogen-bond donors (Lipinski definition) is 3. The van der Waals surface area contributed by atoms with E-state index in [1.54, 1.807) is 35.4 Å². The third kappa shape index (κ3) is 3.09. The van der Waals surface area contributed by atoms with Crippen LogP contribution < -0.4 is 15.0 Å². The molecule has 0 atom stereocenters. The van der Waals surface area contributed by atoms with Crippen molar-refractivity contribution in [3.8, 4) is 17.3 Å². The van der Waals surface area contributed by atoms with Crippen LogP contribution in [0.2, 0.25) is 0 Å². The summed E-state index contributed by atoms with van der Waals surface area (Å²) in [6.45, 7) is 6.41. The number of para-hydroxylation sites is 1. The Balaban J connectivity index is 1.46. The topological polar surface area (TPSA) is 116 Å². The summed E-state index contributed by atoms with van der Waals surface area (Å²) in [5, 5.41) is 9.69. The van der Waals surface area contributed by atoms with Crippen LogP contribution in [0.1, 0.15) is 26.3 Å². The Morgan fingerprint density at radius 3 is 2.75 bits per heavy atom. The first kappa shape index (κ1) is 19.8. The van der Waals surface area contributed by atoms with Gasteiger partial charge < -0.3 is 14.6 Å². The Morgan fingerprint density at radius 2 is 2.00 bits per heavy atom. The predicted molar refractivity (Wildman–Crippen MR) is 121 cm³/mol. The number of aromatic amines is 2. The van der Waals surface area contributed by atoms with Gasteiger partial charge in [0.05, 0.1) is 27.8 Å². The number of amides is 2. The number of rotatable bonds is 4. The Labute approximate surface area is 183 Å². The van der Waals surface area contributed by atoms with Crippen molar-refractivity contribution in [3.63, 3.8) is 0 Å². The molecule has 2 aromatic heterocycles. The fraction of sp³-hybridized carbons (Fsp3) is 0.217. The van der Waals surface area contributed by atoms with Gasteiger partial charge in [0, 0.05) is 12.7 Å². The molecular weight excluding hydrogens is 408 g/mol. The van der Waals surface area contributed by atoms with Crippen LogP contribution in [-0.4, -0.2) is 38.7 Å². The van der Waals surface area contributed by atoms with Gasteiger partial charge in [0.25, 0.3) is 0 Å². The number of ether oxygens (including phenoxy) is 1. The predicted octanol–water partition coefficient (Wildman–Crippen LogP) is 4.21. The molecule has 4 aromatic rings. The first-order valence-electron chi connectivity index (χ1n) is 10.3. The Hall–Kier alpha value is -4.14. The van der Waals surface area contributed by atoms with Gasteiger partial charge in [-0.25, -0.2) is 9.78 Å². The van der Waals surface area contributed by atoms with Crippen molar-refractivity contribution in [1.82, 2.24) is 20.2 Å². The maximum atomic E-state index is 12.8. The molecule has 0 bridgehead atoms. The summed E-state index contributed by atoms with van der Waals surface area (Å²) >= 11 is 0. The number of nitrogens with zero attached hydrogens (tertiary/aromatic N) is 3. The van der Waals surface area contributed by atoms with Crippen molar-refractivity contribution in [3.05, 3.63) is 54.2 Å². The molecule has 2 amide bonds. The molecule has 0 fully saturated rings. The number of fused-ring (bicyclic) bond motifs is 2. The van der Waals surface area contributed by atoms with Gasteiger partial charge in [0.1, 0.15) is 5.75 Å². The van der Waals surface area contributed by atoms with E-state index in [1.165, 1.54) is 0 Å². The number of hydrogen-bond acceptors (Lipinski definition) is 5. The van der Waals surface area contributed by atoms with Crippen molar-refractivity contribution in [2.45, 2.75) is 26.2 Å². The number of anilines is 2. The van der Waals surface area contributed by atoms with E-state index >= 15 is 0 Å². The van der Waals surface area contributed by atoms with E-state index in [4.69, 9.17) is 4.74 Å². The van der Waals surface area contributed by atoms with Gasteiger partial charge in [0.2, 0.25) is 5.91 Å². The second kappa shape index (κ2) is 7.23. The highest BCUT2D eigenvalue weighted by atomic mass is 16.6. The summed E-state index contributed by atoms with van der Waals surface area (Å²) in [6.07, 6.45) is 0.933. The van der Waals surface area contributed by atoms with Crippen molar-refractivity contribution in [2.24, 2.45) is 0 Å². The molecule has 0 unspecified atom stereocenters. The standard InChI is InChI=1S/C23H22N6O3/c1-4-29-18-11-16-15(10-14(18)23(2,3)21(29)30)25-20(26-16)19-17(12-24-28-19)27-22(31)32-13-8-6-5-7-9-13/h5-12H,4H2,1-3H3,(H,24,28)(H,25,26)(H,27,31). The average molecular weight is 430 g/mol. The number of nitrogens with one attached hydrogen (secondary N) is 3. The molecule has 3 N–H and O–H groups in total. The highest BCUT2D eigenvalue weighted by molar-refractivity contribution is 6.09. The average Bonchev–Trinajstić information content (AvgIpc) is 3.44. The van der Waals surface area contributed by atoms with Crippen LogP contribution in [-0.2, 0) is 10.2 Å². The van der Waals surface area contributed by atoms with E-state index in [-0.39, 0.29) is 5.91 Å². The Morgan fingerprint density at radius 1 is 1.22 bits per heavy atom. The van der Waals surface area contributed by atoms with Gasteiger partial charge in [-0.1, -0.05) is 18.2 Å². The number of benzene rings is 2. The van der Waals surface area contributed by atoms with E-state index in [0.29, 0.717) is 35.0 Å². The van der Waals surface area contributed by atoms with E-state index in [1.807, 2.05) is 39.0 Å². The minimum absolute atomic E-state index is 0.0820. The Bertz CT molecular complexity index is 1340. The molecule has 0 radical (unpaired) electrons. The minimum atomic E-state index is -0.632. The van der Waals surface area contributed by atoms with Crippen LogP contribution in [0.3, 0.4) is 0 Å². The van der Waals surface area contributed by atoms with E-state index in [0.717, 1.165) is 16.8 Å². The van der Waals surface area contributed by atoms with Gasteiger partial charge in [-0.2, -0.15) is 5.10 Å². The fourth-order valence-electron chi connectivity index (χ4n) is 4.05. The monoisotopic (exact) mass is 430 g/mol. The molecule has 2 aromatic carbocycles. The smallest absolute Gasteiger partial charge is 0.410 e. The molecule has 0 spiro atoms. The van der Waals surface area contributed by atoms with Gasteiger partial charge in [-0.05, 0) is 50.6 Å². The van der Waals surface area contributed by atoms with Crippen LogP contribution >= 0.6 is 0 Å². The van der Waals surface area contributed by atoms with Crippen LogP contribution in [0, 0.1) is 0 Å².